The van der Waals surface area contributed by atoms with Gasteiger partial charge in [0.05, 0.1) is 16.2 Å². The van der Waals surface area contributed by atoms with E-state index in [2.05, 4.69) is 10.1 Å². The number of nitrogens with zero attached hydrogens (tertiary/aromatic N) is 2. The summed E-state index contributed by atoms with van der Waals surface area (Å²) in [6, 6.07) is 7.14. The third-order valence-corrected chi connectivity index (χ3v) is 3.02. The molecule has 0 N–H and O–H groups in total. The third kappa shape index (κ3) is 2.98. The molecule has 0 saturated heterocycles. The molecule has 4 nitrogen and oxygen atoms in total. The van der Waals surface area contributed by atoms with Gasteiger partial charge in [-0.25, -0.2) is 4.79 Å². The molecule has 0 atom stereocenters. The highest BCUT2D eigenvalue weighted by Crippen LogP contribution is 2.10. The van der Waals surface area contributed by atoms with Crippen molar-refractivity contribution in [3.63, 3.8) is 0 Å². The second-order valence-corrected chi connectivity index (χ2v) is 4.22. The Bertz CT molecular complexity index is 521. The first-order valence-corrected chi connectivity index (χ1v) is 5.85. The van der Waals surface area contributed by atoms with Gasteiger partial charge in [0.15, 0.2) is 0 Å². The highest BCUT2D eigenvalue weighted by molar-refractivity contribution is 7.12. The van der Waals surface area contributed by atoms with Crippen LogP contribution in [-0.4, -0.2) is 16.7 Å². The van der Waals surface area contributed by atoms with Crippen LogP contribution in [0.2, 0.25) is 0 Å². The molecular weight excluding hydrogens is 236 g/mol. The molecule has 2 heterocycles. The van der Waals surface area contributed by atoms with Gasteiger partial charge in [0.2, 0.25) is 0 Å². The molecule has 0 saturated carbocycles. The van der Waals surface area contributed by atoms with Crippen molar-refractivity contribution < 1.29 is 9.63 Å². The normalized spacial score (nSPS) is 11.2. The fourth-order valence-corrected chi connectivity index (χ4v) is 1.84. The molecule has 17 heavy (non-hydrogen) atoms. The Hall–Kier alpha value is -2.01. The second-order valence-electron chi connectivity index (χ2n) is 3.27. The van der Waals surface area contributed by atoms with Crippen LogP contribution in [0.4, 0.5) is 0 Å². The molecule has 2 aromatic heterocycles. The van der Waals surface area contributed by atoms with Crippen LogP contribution in [0.3, 0.4) is 0 Å². The van der Waals surface area contributed by atoms with E-state index < -0.39 is 5.97 Å². The Morgan fingerprint density at radius 1 is 1.41 bits per heavy atom. The fourth-order valence-electron chi connectivity index (χ4n) is 1.18. The van der Waals surface area contributed by atoms with Crippen molar-refractivity contribution in [2.24, 2.45) is 5.16 Å². The number of thiophene rings is 1. The quantitative estimate of drug-likeness (QED) is 0.475. The van der Waals surface area contributed by atoms with E-state index in [9.17, 15) is 4.79 Å². The van der Waals surface area contributed by atoms with Gasteiger partial charge in [0.25, 0.3) is 0 Å². The van der Waals surface area contributed by atoms with E-state index in [-0.39, 0.29) is 0 Å². The highest BCUT2D eigenvalue weighted by Gasteiger charge is 2.07. The Labute approximate surface area is 103 Å². The van der Waals surface area contributed by atoms with E-state index in [1.54, 1.807) is 36.6 Å². The lowest BCUT2D eigenvalue weighted by Crippen LogP contribution is -2.03. The van der Waals surface area contributed by atoms with Crippen LogP contribution in [-0.2, 0) is 4.84 Å². The summed E-state index contributed by atoms with van der Waals surface area (Å²) in [6.45, 7) is 1.79. The third-order valence-electron chi connectivity index (χ3n) is 2.04. The molecule has 86 valence electrons. The van der Waals surface area contributed by atoms with Gasteiger partial charge in [-0.3, -0.25) is 4.98 Å². The van der Waals surface area contributed by atoms with Gasteiger partial charge in [-0.1, -0.05) is 11.2 Å². The molecule has 0 spiro atoms. The SMILES string of the molecule is CC(=NOC(=O)c1cccnc1)c1cccs1. The summed E-state index contributed by atoms with van der Waals surface area (Å²) < 4.78 is 0. The Morgan fingerprint density at radius 2 is 2.29 bits per heavy atom. The maximum atomic E-state index is 11.6. The number of oxime groups is 1. The summed E-state index contributed by atoms with van der Waals surface area (Å²) in [7, 11) is 0. The van der Waals surface area contributed by atoms with Crippen LogP contribution in [0.5, 0.6) is 0 Å². The molecule has 0 aliphatic heterocycles. The maximum absolute atomic E-state index is 11.6. The van der Waals surface area contributed by atoms with E-state index in [4.69, 9.17) is 4.84 Å². The largest absolute Gasteiger partial charge is 0.367 e. The molecule has 0 bridgehead atoms. The summed E-state index contributed by atoms with van der Waals surface area (Å²) >= 11 is 1.54. The Kier molecular flexibility index (Phi) is 3.62. The van der Waals surface area contributed by atoms with Gasteiger partial charge in [0, 0.05) is 12.4 Å². The lowest BCUT2D eigenvalue weighted by atomic mass is 10.3. The number of rotatable bonds is 3. The summed E-state index contributed by atoms with van der Waals surface area (Å²) in [6.07, 6.45) is 3.04. The number of carbonyl (C=O) groups is 1. The van der Waals surface area contributed by atoms with E-state index in [1.165, 1.54) is 6.20 Å². The molecule has 2 rings (SSSR count). The summed E-state index contributed by atoms with van der Waals surface area (Å²) in [5.74, 6) is -0.506. The number of aromatic nitrogens is 1. The Morgan fingerprint density at radius 3 is 2.94 bits per heavy atom. The standard InChI is InChI=1S/C12H10N2O2S/c1-9(11-5-3-7-17-11)14-16-12(15)10-4-2-6-13-8-10/h2-8H,1H3. The molecule has 5 heteroatoms. The minimum atomic E-state index is -0.506. The molecular formula is C12H10N2O2S. The van der Waals surface area contributed by atoms with Crippen molar-refractivity contribution >= 4 is 23.0 Å². The zero-order valence-corrected chi connectivity index (χ0v) is 9.98. The molecule has 0 radical (unpaired) electrons. The second kappa shape index (κ2) is 5.36. The van der Waals surface area contributed by atoms with Crippen molar-refractivity contribution in [1.29, 1.82) is 0 Å². The van der Waals surface area contributed by atoms with Gasteiger partial charge < -0.3 is 4.84 Å². The average Bonchev–Trinajstić information content (AvgIpc) is 2.90. The van der Waals surface area contributed by atoms with Gasteiger partial charge in [-0.05, 0) is 30.5 Å². The van der Waals surface area contributed by atoms with Crippen LogP contribution >= 0.6 is 11.3 Å². The molecule has 0 aliphatic rings. The predicted molar refractivity (Wildman–Crippen MR) is 66.2 cm³/mol. The lowest BCUT2D eigenvalue weighted by Gasteiger charge is -1.98. The minimum absolute atomic E-state index is 0.384. The number of hydrogen-bond acceptors (Lipinski definition) is 5. The average molecular weight is 246 g/mol. The summed E-state index contributed by atoms with van der Waals surface area (Å²) in [5, 5.41) is 5.73. The molecule has 0 amide bonds. The zero-order valence-electron chi connectivity index (χ0n) is 9.16. The minimum Gasteiger partial charge on any atom is -0.312 e. The topological polar surface area (TPSA) is 51.5 Å². The first-order chi connectivity index (χ1) is 8.27. The van der Waals surface area contributed by atoms with Crippen molar-refractivity contribution in [2.75, 3.05) is 0 Å². The molecule has 0 unspecified atom stereocenters. The van der Waals surface area contributed by atoms with Crippen LogP contribution in [0.15, 0.2) is 47.2 Å². The molecule has 0 fully saturated rings. The van der Waals surface area contributed by atoms with Crippen LogP contribution in [0.25, 0.3) is 0 Å². The van der Waals surface area contributed by atoms with E-state index in [0.29, 0.717) is 11.3 Å². The number of hydrogen-bond donors (Lipinski definition) is 0. The van der Waals surface area contributed by atoms with Crippen LogP contribution in [0.1, 0.15) is 22.2 Å². The van der Waals surface area contributed by atoms with Crippen molar-refractivity contribution in [1.82, 2.24) is 4.98 Å². The summed E-state index contributed by atoms with van der Waals surface area (Å²) in [5.41, 5.74) is 1.06. The van der Waals surface area contributed by atoms with Crippen molar-refractivity contribution in [3.8, 4) is 0 Å². The smallest absolute Gasteiger partial charge is 0.312 e. The Balaban J connectivity index is 2.04. The van der Waals surface area contributed by atoms with E-state index in [1.807, 2.05) is 17.5 Å². The fraction of sp³-hybridized carbons (Fsp3) is 0.0833. The van der Waals surface area contributed by atoms with Crippen LogP contribution in [0, 0.1) is 0 Å². The highest BCUT2D eigenvalue weighted by atomic mass is 32.1. The first kappa shape index (κ1) is 11.5. The van der Waals surface area contributed by atoms with Gasteiger partial charge in [-0.15, -0.1) is 11.3 Å². The first-order valence-electron chi connectivity index (χ1n) is 4.97. The predicted octanol–water partition coefficient (Wildman–Crippen LogP) is 2.72. The van der Waals surface area contributed by atoms with E-state index in [0.717, 1.165) is 4.88 Å². The summed E-state index contributed by atoms with van der Waals surface area (Å²) in [4.78, 5) is 21.2. The lowest BCUT2D eigenvalue weighted by molar-refractivity contribution is 0.0516. The van der Waals surface area contributed by atoms with Crippen LogP contribution < -0.4 is 0 Å². The number of carbonyl (C=O) groups excluding carboxylic acids is 1. The monoisotopic (exact) mass is 246 g/mol. The molecule has 0 aromatic carbocycles. The zero-order chi connectivity index (χ0) is 12.1. The maximum Gasteiger partial charge on any atom is 0.367 e. The van der Waals surface area contributed by atoms with Gasteiger partial charge >= 0.3 is 5.97 Å². The molecule has 2 aromatic rings. The van der Waals surface area contributed by atoms with Gasteiger partial charge in [-0.2, -0.15) is 0 Å². The van der Waals surface area contributed by atoms with Gasteiger partial charge in [0.1, 0.15) is 0 Å². The van der Waals surface area contributed by atoms with Crippen molar-refractivity contribution in [2.45, 2.75) is 6.92 Å². The van der Waals surface area contributed by atoms with E-state index >= 15 is 0 Å². The van der Waals surface area contributed by atoms with Crippen molar-refractivity contribution in [3.05, 3.63) is 52.5 Å². The number of pyridine rings is 1. The molecule has 0 aliphatic carbocycles.